The van der Waals surface area contributed by atoms with Crippen molar-refractivity contribution in [3.63, 3.8) is 0 Å². The SMILES string of the molecule is Cc1cccnc1Cn1c(CCCl)nc2ccc(Br)cc21. The average molecular weight is 365 g/mol. The predicted molar refractivity (Wildman–Crippen MR) is 89.9 cm³/mol. The van der Waals surface area contributed by atoms with Gasteiger partial charge in [0, 0.05) is 23.0 Å². The zero-order valence-corrected chi connectivity index (χ0v) is 14.0. The molecule has 0 unspecified atom stereocenters. The monoisotopic (exact) mass is 363 g/mol. The van der Waals surface area contributed by atoms with E-state index in [-0.39, 0.29) is 0 Å². The van der Waals surface area contributed by atoms with E-state index in [0.29, 0.717) is 12.4 Å². The van der Waals surface area contributed by atoms with Crippen molar-refractivity contribution < 1.29 is 0 Å². The summed E-state index contributed by atoms with van der Waals surface area (Å²) in [6.45, 7) is 2.80. The minimum absolute atomic E-state index is 0.561. The van der Waals surface area contributed by atoms with Gasteiger partial charge in [-0.1, -0.05) is 22.0 Å². The highest BCUT2D eigenvalue weighted by Gasteiger charge is 2.12. The fourth-order valence-corrected chi connectivity index (χ4v) is 2.95. The summed E-state index contributed by atoms with van der Waals surface area (Å²) in [4.78, 5) is 9.19. The zero-order chi connectivity index (χ0) is 14.8. The van der Waals surface area contributed by atoms with Gasteiger partial charge in [-0.15, -0.1) is 11.6 Å². The topological polar surface area (TPSA) is 30.7 Å². The maximum absolute atomic E-state index is 5.92. The van der Waals surface area contributed by atoms with Gasteiger partial charge in [0.2, 0.25) is 0 Å². The number of aromatic nitrogens is 3. The molecule has 0 radical (unpaired) electrons. The molecular weight excluding hydrogens is 350 g/mol. The van der Waals surface area contributed by atoms with E-state index in [4.69, 9.17) is 16.6 Å². The molecule has 3 rings (SSSR count). The second kappa shape index (κ2) is 6.16. The molecule has 2 aromatic heterocycles. The summed E-state index contributed by atoms with van der Waals surface area (Å²) in [5, 5.41) is 0. The highest BCUT2D eigenvalue weighted by Crippen LogP contribution is 2.23. The first kappa shape index (κ1) is 14.5. The van der Waals surface area contributed by atoms with Crippen LogP contribution in [-0.4, -0.2) is 20.4 Å². The lowest BCUT2D eigenvalue weighted by atomic mass is 10.2. The molecule has 0 amide bonds. The Morgan fingerprint density at radius 3 is 2.90 bits per heavy atom. The van der Waals surface area contributed by atoms with Crippen LogP contribution in [0.5, 0.6) is 0 Å². The Morgan fingerprint density at radius 2 is 2.14 bits per heavy atom. The molecule has 0 aliphatic heterocycles. The van der Waals surface area contributed by atoms with E-state index >= 15 is 0 Å². The molecule has 0 atom stereocenters. The fraction of sp³-hybridized carbons (Fsp3) is 0.250. The van der Waals surface area contributed by atoms with Crippen LogP contribution in [-0.2, 0) is 13.0 Å². The van der Waals surface area contributed by atoms with Crippen LogP contribution in [0.4, 0.5) is 0 Å². The molecule has 3 aromatic rings. The summed E-state index contributed by atoms with van der Waals surface area (Å²) in [7, 11) is 0. The minimum Gasteiger partial charge on any atom is -0.322 e. The predicted octanol–water partition coefficient (Wildman–Crippen LogP) is 4.33. The molecule has 0 spiro atoms. The van der Waals surface area contributed by atoms with Crippen LogP contribution < -0.4 is 0 Å². The van der Waals surface area contributed by atoms with Crippen LogP contribution in [0.3, 0.4) is 0 Å². The van der Waals surface area contributed by atoms with Gasteiger partial charge in [-0.3, -0.25) is 4.98 Å². The van der Waals surface area contributed by atoms with E-state index in [1.165, 1.54) is 5.56 Å². The van der Waals surface area contributed by atoms with Gasteiger partial charge < -0.3 is 4.57 Å². The summed E-state index contributed by atoms with van der Waals surface area (Å²) in [6, 6.07) is 10.2. The van der Waals surface area contributed by atoms with Gasteiger partial charge in [-0.25, -0.2) is 4.98 Å². The lowest BCUT2D eigenvalue weighted by molar-refractivity contribution is 0.733. The maximum atomic E-state index is 5.92. The summed E-state index contributed by atoms with van der Waals surface area (Å²) in [5.74, 6) is 1.56. The third-order valence-corrected chi connectivity index (χ3v) is 4.22. The lowest BCUT2D eigenvalue weighted by Crippen LogP contribution is -2.08. The number of nitrogens with zero attached hydrogens (tertiary/aromatic N) is 3. The molecule has 0 bridgehead atoms. The van der Waals surface area contributed by atoms with Crippen LogP contribution >= 0.6 is 27.5 Å². The number of aryl methyl sites for hydroxylation is 2. The number of pyridine rings is 1. The van der Waals surface area contributed by atoms with E-state index in [9.17, 15) is 0 Å². The zero-order valence-electron chi connectivity index (χ0n) is 11.7. The Hall–Kier alpha value is -1.39. The van der Waals surface area contributed by atoms with Gasteiger partial charge >= 0.3 is 0 Å². The van der Waals surface area contributed by atoms with Crippen molar-refractivity contribution in [2.24, 2.45) is 0 Å². The van der Waals surface area contributed by atoms with Crippen molar-refractivity contribution in [2.45, 2.75) is 19.9 Å². The third kappa shape index (κ3) is 2.97. The van der Waals surface area contributed by atoms with Gasteiger partial charge in [-0.05, 0) is 36.8 Å². The van der Waals surface area contributed by atoms with Gasteiger partial charge in [0.15, 0.2) is 0 Å². The number of hydrogen-bond acceptors (Lipinski definition) is 2. The van der Waals surface area contributed by atoms with E-state index in [1.54, 1.807) is 0 Å². The molecule has 0 N–H and O–H groups in total. The molecule has 0 aliphatic rings. The molecular formula is C16H15BrClN3. The van der Waals surface area contributed by atoms with Crippen molar-refractivity contribution in [2.75, 3.05) is 5.88 Å². The van der Waals surface area contributed by atoms with Gasteiger partial charge in [0.1, 0.15) is 5.82 Å². The quantitative estimate of drug-likeness (QED) is 0.645. The first-order chi connectivity index (χ1) is 10.2. The maximum Gasteiger partial charge on any atom is 0.111 e. The molecule has 21 heavy (non-hydrogen) atoms. The second-order valence-electron chi connectivity index (χ2n) is 4.95. The van der Waals surface area contributed by atoms with Gasteiger partial charge in [-0.2, -0.15) is 0 Å². The summed E-state index contributed by atoms with van der Waals surface area (Å²) >= 11 is 9.45. The molecule has 3 nitrogen and oxygen atoms in total. The van der Waals surface area contributed by atoms with Gasteiger partial charge in [0.25, 0.3) is 0 Å². The van der Waals surface area contributed by atoms with Crippen LogP contribution in [0.25, 0.3) is 11.0 Å². The number of fused-ring (bicyclic) bond motifs is 1. The van der Waals surface area contributed by atoms with Crippen molar-refractivity contribution in [1.82, 2.24) is 14.5 Å². The molecule has 1 aromatic carbocycles. The summed E-state index contributed by atoms with van der Waals surface area (Å²) < 4.78 is 3.25. The third-order valence-electron chi connectivity index (χ3n) is 3.53. The number of imidazole rings is 1. The number of rotatable bonds is 4. The largest absolute Gasteiger partial charge is 0.322 e. The molecule has 108 valence electrons. The van der Waals surface area contributed by atoms with E-state index in [1.807, 2.05) is 24.4 Å². The highest BCUT2D eigenvalue weighted by atomic mass is 79.9. The Bertz CT molecular complexity index is 782. The first-order valence-corrected chi connectivity index (χ1v) is 8.13. The lowest BCUT2D eigenvalue weighted by Gasteiger charge is -2.10. The van der Waals surface area contributed by atoms with E-state index < -0.39 is 0 Å². The number of halogens is 2. The number of benzene rings is 1. The minimum atomic E-state index is 0.561. The average Bonchev–Trinajstić information content (AvgIpc) is 2.79. The van der Waals surface area contributed by atoms with Crippen LogP contribution in [0, 0.1) is 6.92 Å². The van der Waals surface area contributed by atoms with Crippen LogP contribution in [0.15, 0.2) is 41.0 Å². The van der Waals surface area contributed by atoms with E-state index in [0.717, 1.165) is 33.4 Å². The summed E-state index contributed by atoms with van der Waals surface area (Å²) in [5.41, 5.74) is 4.35. The Morgan fingerprint density at radius 1 is 1.29 bits per heavy atom. The number of hydrogen-bond donors (Lipinski definition) is 0. The van der Waals surface area contributed by atoms with Crippen molar-refractivity contribution >= 4 is 38.6 Å². The molecule has 0 saturated carbocycles. The van der Waals surface area contributed by atoms with Gasteiger partial charge in [0.05, 0.1) is 23.3 Å². The van der Waals surface area contributed by atoms with Crippen LogP contribution in [0.2, 0.25) is 0 Å². The Labute approximate surface area is 137 Å². The van der Waals surface area contributed by atoms with Crippen molar-refractivity contribution in [3.8, 4) is 0 Å². The molecule has 5 heteroatoms. The Kier molecular flexibility index (Phi) is 4.27. The molecule has 2 heterocycles. The van der Waals surface area contributed by atoms with E-state index in [2.05, 4.69) is 44.5 Å². The van der Waals surface area contributed by atoms with Crippen molar-refractivity contribution in [1.29, 1.82) is 0 Å². The summed E-state index contributed by atoms with van der Waals surface area (Å²) in [6.07, 6.45) is 2.58. The smallest absolute Gasteiger partial charge is 0.111 e. The normalized spacial score (nSPS) is 11.2. The fourth-order valence-electron chi connectivity index (χ4n) is 2.43. The second-order valence-corrected chi connectivity index (χ2v) is 6.25. The first-order valence-electron chi connectivity index (χ1n) is 6.80. The highest BCUT2D eigenvalue weighted by molar-refractivity contribution is 9.10. The molecule has 0 fully saturated rings. The molecule has 0 aliphatic carbocycles. The van der Waals surface area contributed by atoms with Crippen LogP contribution in [0.1, 0.15) is 17.1 Å². The molecule has 0 saturated heterocycles. The Balaban J connectivity index is 2.12. The number of alkyl halides is 1. The standard InChI is InChI=1S/C16H15BrClN3/c1-11-3-2-8-19-14(11)10-21-15-9-12(17)4-5-13(15)20-16(21)6-7-18/h2-5,8-9H,6-7,10H2,1H3. The van der Waals surface area contributed by atoms with Crippen molar-refractivity contribution in [3.05, 3.63) is 58.1 Å².